The van der Waals surface area contributed by atoms with Crippen LogP contribution in [0.25, 0.3) is 0 Å². The first-order valence-electron chi connectivity index (χ1n) is 6.23. The van der Waals surface area contributed by atoms with Crippen LogP contribution in [-0.2, 0) is 13.6 Å². The zero-order valence-electron chi connectivity index (χ0n) is 10.3. The predicted molar refractivity (Wildman–Crippen MR) is 66.0 cm³/mol. The van der Waals surface area contributed by atoms with Crippen molar-refractivity contribution < 1.29 is 0 Å². The van der Waals surface area contributed by atoms with Crippen LogP contribution in [0.3, 0.4) is 0 Å². The molecule has 0 amide bonds. The Labute approximate surface area is 97.4 Å². The van der Waals surface area contributed by atoms with Crippen LogP contribution in [0.4, 0.5) is 5.82 Å². The van der Waals surface area contributed by atoms with Crippen molar-refractivity contribution >= 4 is 5.82 Å². The summed E-state index contributed by atoms with van der Waals surface area (Å²) in [6.07, 6.45) is 5.28. The Kier molecular flexibility index (Phi) is 3.49. The molecule has 1 aromatic heterocycles. The van der Waals surface area contributed by atoms with Gasteiger partial charge in [-0.25, -0.2) is 0 Å². The molecule has 2 N–H and O–H groups in total. The summed E-state index contributed by atoms with van der Waals surface area (Å²) in [5.41, 5.74) is 6.92. The molecule has 0 bridgehead atoms. The molecule has 90 valence electrons. The zero-order valence-corrected chi connectivity index (χ0v) is 10.3. The fourth-order valence-electron chi connectivity index (χ4n) is 2.62. The highest BCUT2D eigenvalue weighted by atomic mass is 15.3. The van der Waals surface area contributed by atoms with Gasteiger partial charge in [0.2, 0.25) is 0 Å². The van der Waals surface area contributed by atoms with Gasteiger partial charge >= 0.3 is 0 Å². The molecule has 4 nitrogen and oxygen atoms in total. The van der Waals surface area contributed by atoms with Gasteiger partial charge in [0.1, 0.15) is 5.82 Å². The minimum atomic E-state index is 0.627. The number of likely N-dealkylation sites (tertiary alicyclic amines) is 1. The lowest BCUT2D eigenvalue weighted by atomic mass is 10.00. The van der Waals surface area contributed by atoms with Gasteiger partial charge in [-0.3, -0.25) is 9.58 Å². The summed E-state index contributed by atoms with van der Waals surface area (Å²) in [4.78, 5) is 2.57. The topological polar surface area (TPSA) is 47.1 Å². The summed E-state index contributed by atoms with van der Waals surface area (Å²) in [5, 5.41) is 4.20. The van der Waals surface area contributed by atoms with E-state index in [1.54, 1.807) is 0 Å². The van der Waals surface area contributed by atoms with Gasteiger partial charge in [-0.15, -0.1) is 0 Å². The summed E-state index contributed by atoms with van der Waals surface area (Å²) in [5.74, 6) is 0.627. The Morgan fingerprint density at radius 2 is 2.31 bits per heavy atom. The first kappa shape index (κ1) is 11.5. The molecule has 2 heterocycles. The molecular weight excluding hydrogens is 200 g/mol. The van der Waals surface area contributed by atoms with Crippen molar-refractivity contribution in [2.75, 3.05) is 12.3 Å². The van der Waals surface area contributed by atoms with Crippen LogP contribution in [0.2, 0.25) is 0 Å². The number of piperidine rings is 1. The molecule has 1 fully saturated rings. The molecular formula is C12H22N4. The molecule has 0 unspecified atom stereocenters. The largest absolute Gasteiger partial charge is 0.382 e. The van der Waals surface area contributed by atoms with Gasteiger partial charge in [0.05, 0.1) is 5.69 Å². The van der Waals surface area contributed by atoms with E-state index in [1.165, 1.54) is 37.9 Å². The average molecular weight is 222 g/mol. The second kappa shape index (κ2) is 4.87. The van der Waals surface area contributed by atoms with Crippen molar-refractivity contribution in [2.24, 2.45) is 7.05 Å². The minimum absolute atomic E-state index is 0.627. The van der Waals surface area contributed by atoms with E-state index in [0.29, 0.717) is 5.82 Å². The Bertz CT molecular complexity index is 345. The van der Waals surface area contributed by atoms with E-state index in [1.807, 2.05) is 17.8 Å². The lowest BCUT2D eigenvalue weighted by molar-refractivity contribution is 0.133. The zero-order chi connectivity index (χ0) is 11.5. The van der Waals surface area contributed by atoms with Gasteiger partial charge in [-0.2, -0.15) is 5.10 Å². The highest BCUT2D eigenvalue weighted by Gasteiger charge is 2.21. The fraction of sp³-hybridized carbons (Fsp3) is 0.750. The lowest BCUT2D eigenvalue weighted by Crippen LogP contribution is -2.38. The molecule has 1 aromatic rings. The van der Waals surface area contributed by atoms with Crippen LogP contribution < -0.4 is 5.73 Å². The van der Waals surface area contributed by atoms with Crippen molar-refractivity contribution in [3.8, 4) is 0 Å². The van der Waals surface area contributed by atoms with Crippen LogP contribution in [-0.4, -0.2) is 27.3 Å². The Morgan fingerprint density at radius 3 is 2.94 bits per heavy atom. The van der Waals surface area contributed by atoms with E-state index in [9.17, 15) is 0 Å². The second-order valence-corrected chi connectivity index (χ2v) is 4.71. The summed E-state index contributed by atoms with van der Waals surface area (Å²) >= 11 is 0. The van der Waals surface area contributed by atoms with Crippen molar-refractivity contribution in [2.45, 2.75) is 45.2 Å². The maximum atomic E-state index is 5.70. The average Bonchev–Trinajstić information content (AvgIpc) is 2.58. The number of aromatic nitrogens is 2. The SMILES string of the molecule is CC[C@@H]1CCCCN1Cc1cc(N)nn1C. The smallest absolute Gasteiger partial charge is 0.145 e. The molecule has 1 atom stereocenters. The first-order valence-corrected chi connectivity index (χ1v) is 6.23. The molecule has 0 saturated carbocycles. The normalized spacial score (nSPS) is 22.5. The summed E-state index contributed by atoms with van der Waals surface area (Å²) in [7, 11) is 1.97. The molecule has 0 spiro atoms. The maximum absolute atomic E-state index is 5.70. The highest BCUT2D eigenvalue weighted by molar-refractivity contribution is 5.29. The molecule has 1 aliphatic rings. The molecule has 16 heavy (non-hydrogen) atoms. The van der Waals surface area contributed by atoms with E-state index >= 15 is 0 Å². The maximum Gasteiger partial charge on any atom is 0.145 e. The van der Waals surface area contributed by atoms with Crippen LogP contribution in [0.5, 0.6) is 0 Å². The summed E-state index contributed by atoms with van der Waals surface area (Å²) in [6, 6.07) is 2.73. The molecule has 0 aromatic carbocycles. The van der Waals surface area contributed by atoms with Gasteiger partial charge in [0.15, 0.2) is 0 Å². The van der Waals surface area contributed by atoms with Crippen LogP contribution in [0, 0.1) is 0 Å². The third-order valence-corrected chi connectivity index (χ3v) is 3.58. The Hall–Kier alpha value is -1.03. The van der Waals surface area contributed by atoms with Gasteiger partial charge in [0.25, 0.3) is 0 Å². The fourth-order valence-corrected chi connectivity index (χ4v) is 2.62. The van der Waals surface area contributed by atoms with Gasteiger partial charge < -0.3 is 5.73 Å². The van der Waals surface area contributed by atoms with E-state index < -0.39 is 0 Å². The van der Waals surface area contributed by atoms with Crippen molar-refractivity contribution in [1.29, 1.82) is 0 Å². The van der Waals surface area contributed by atoms with Crippen molar-refractivity contribution in [1.82, 2.24) is 14.7 Å². The van der Waals surface area contributed by atoms with E-state index in [4.69, 9.17) is 5.73 Å². The molecule has 0 radical (unpaired) electrons. The van der Waals surface area contributed by atoms with Crippen LogP contribution in [0.1, 0.15) is 38.3 Å². The number of aryl methyl sites for hydroxylation is 1. The predicted octanol–water partition coefficient (Wildman–Crippen LogP) is 1.77. The Morgan fingerprint density at radius 1 is 1.50 bits per heavy atom. The van der Waals surface area contributed by atoms with Crippen LogP contribution in [0.15, 0.2) is 6.07 Å². The minimum Gasteiger partial charge on any atom is -0.382 e. The molecule has 0 aliphatic carbocycles. The molecule has 2 rings (SSSR count). The van der Waals surface area contributed by atoms with Gasteiger partial charge in [0, 0.05) is 25.7 Å². The number of nitrogens with two attached hydrogens (primary N) is 1. The third kappa shape index (κ3) is 2.38. The van der Waals surface area contributed by atoms with E-state index in [-0.39, 0.29) is 0 Å². The quantitative estimate of drug-likeness (QED) is 0.848. The van der Waals surface area contributed by atoms with Crippen molar-refractivity contribution in [3.05, 3.63) is 11.8 Å². The summed E-state index contributed by atoms with van der Waals surface area (Å²) < 4.78 is 1.90. The second-order valence-electron chi connectivity index (χ2n) is 4.71. The third-order valence-electron chi connectivity index (χ3n) is 3.58. The monoisotopic (exact) mass is 222 g/mol. The Balaban J connectivity index is 2.04. The number of hydrogen-bond donors (Lipinski definition) is 1. The number of hydrogen-bond acceptors (Lipinski definition) is 3. The molecule has 1 saturated heterocycles. The molecule has 4 heteroatoms. The van der Waals surface area contributed by atoms with E-state index in [2.05, 4.69) is 16.9 Å². The number of nitrogen functional groups attached to an aromatic ring is 1. The number of anilines is 1. The number of rotatable bonds is 3. The first-order chi connectivity index (χ1) is 7.70. The standard InChI is InChI=1S/C12H22N4/c1-3-10-6-4-5-7-16(10)9-11-8-12(13)14-15(11)2/h8,10H,3-7,9H2,1-2H3,(H2,13,14)/t10-/m1/s1. The van der Waals surface area contributed by atoms with Gasteiger partial charge in [-0.05, 0) is 25.8 Å². The van der Waals surface area contributed by atoms with Crippen molar-refractivity contribution in [3.63, 3.8) is 0 Å². The van der Waals surface area contributed by atoms with E-state index in [0.717, 1.165) is 12.6 Å². The lowest BCUT2D eigenvalue weighted by Gasteiger charge is -2.35. The highest BCUT2D eigenvalue weighted by Crippen LogP contribution is 2.21. The van der Waals surface area contributed by atoms with Crippen LogP contribution >= 0.6 is 0 Å². The summed E-state index contributed by atoms with van der Waals surface area (Å²) in [6.45, 7) is 4.48. The molecule has 1 aliphatic heterocycles. The van der Waals surface area contributed by atoms with Gasteiger partial charge in [-0.1, -0.05) is 13.3 Å². The number of nitrogens with zero attached hydrogens (tertiary/aromatic N) is 3.